The molecule has 0 saturated heterocycles. The topological polar surface area (TPSA) is 46.9 Å². The van der Waals surface area contributed by atoms with Crippen molar-refractivity contribution >= 4 is 33.5 Å². The van der Waals surface area contributed by atoms with Gasteiger partial charge in [-0.1, -0.05) is 84.9 Å². The number of nitrogens with one attached hydrogen (secondary N) is 1. The summed E-state index contributed by atoms with van der Waals surface area (Å²) in [5.41, 5.74) is 5.25. The highest BCUT2D eigenvalue weighted by Crippen LogP contribution is 2.42. The van der Waals surface area contributed by atoms with Gasteiger partial charge in [0.15, 0.2) is 5.78 Å². The van der Waals surface area contributed by atoms with E-state index in [4.69, 9.17) is 4.98 Å². The van der Waals surface area contributed by atoms with Crippen molar-refractivity contribution in [3.63, 3.8) is 0 Å². The lowest BCUT2D eigenvalue weighted by Gasteiger charge is -2.31. The number of rotatable bonds is 3. The first-order valence-corrected chi connectivity index (χ1v) is 10.7. The number of carbonyl (C=O) groups excluding carboxylic acids is 1. The molecule has 0 aliphatic carbocycles. The molecule has 0 fully saturated rings. The maximum absolute atomic E-state index is 13.9. The van der Waals surface area contributed by atoms with Gasteiger partial charge in [-0.15, -0.1) is 0 Å². The second-order valence-corrected chi connectivity index (χ2v) is 8.12. The molecule has 1 atom stereocenters. The summed E-state index contributed by atoms with van der Waals surface area (Å²) in [6, 6.07) is 31.9. The van der Waals surface area contributed by atoms with Gasteiger partial charge in [0, 0.05) is 16.8 Å². The molecule has 6 rings (SSSR count). The lowest BCUT2D eigenvalue weighted by Crippen LogP contribution is -2.28. The molecule has 154 valence electrons. The number of para-hydroxylation sites is 2. The molecule has 0 unspecified atom stereocenters. The Bertz CT molecular complexity index is 1520. The summed E-state index contributed by atoms with van der Waals surface area (Å²) >= 11 is 0. The second-order valence-electron chi connectivity index (χ2n) is 8.12. The van der Waals surface area contributed by atoms with E-state index >= 15 is 0 Å². The fourth-order valence-corrected chi connectivity index (χ4v) is 4.79. The summed E-state index contributed by atoms with van der Waals surface area (Å²) in [7, 11) is 0. The normalized spacial score (nSPS) is 15.6. The first kappa shape index (κ1) is 18.6. The van der Waals surface area contributed by atoms with Crippen molar-refractivity contribution < 1.29 is 4.79 Å². The smallest absolute Gasteiger partial charge is 0.209 e. The molecule has 0 bridgehead atoms. The van der Waals surface area contributed by atoms with Crippen LogP contribution in [0.2, 0.25) is 0 Å². The number of anilines is 1. The largest absolute Gasteiger partial charge is 0.329 e. The van der Waals surface area contributed by atoms with Gasteiger partial charge >= 0.3 is 0 Å². The van der Waals surface area contributed by atoms with Gasteiger partial charge in [-0.25, -0.2) is 4.98 Å². The first-order chi connectivity index (χ1) is 15.7. The monoisotopic (exact) mass is 415 g/mol. The number of fused-ring (bicyclic) bond motifs is 4. The Hall–Kier alpha value is -4.18. The molecule has 0 radical (unpaired) electrons. The molecule has 1 aliphatic rings. The summed E-state index contributed by atoms with van der Waals surface area (Å²) in [5, 5.41) is 5.70. The molecule has 2 heterocycles. The molecule has 0 amide bonds. The van der Waals surface area contributed by atoms with Crippen LogP contribution in [0.5, 0.6) is 0 Å². The highest BCUT2D eigenvalue weighted by Gasteiger charge is 2.35. The zero-order valence-electron chi connectivity index (χ0n) is 17.6. The third-order valence-electron chi connectivity index (χ3n) is 6.23. The summed E-state index contributed by atoms with van der Waals surface area (Å²) in [6.07, 6.45) is 0. The molecule has 5 aromatic rings. The van der Waals surface area contributed by atoms with E-state index in [1.165, 1.54) is 0 Å². The molecule has 4 nitrogen and oxygen atoms in total. The number of ketones is 1. The van der Waals surface area contributed by atoms with Gasteiger partial charge in [0.25, 0.3) is 0 Å². The zero-order chi connectivity index (χ0) is 21.7. The molecule has 4 heteroatoms. The van der Waals surface area contributed by atoms with Gasteiger partial charge in [-0.2, -0.15) is 0 Å². The van der Waals surface area contributed by atoms with Crippen LogP contribution in [-0.4, -0.2) is 15.3 Å². The van der Waals surface area contributed by atoms with E-state index in [0.29, 0.717) is 5.56 Å². The van der Waals surface area contributed by atoms with E-state index in [1.807, 2.05) is 61.5 Å². The van der Waals surface area contributed by atoms with Crippen LogP contribution in [-0.2, 0) is 0 Å². The van der Waals surface area contributed by atoms with Crippen molar-refractivity contribution in [2.24, 2.45) is 0 Å². The molecule has 32 heavy (non-hydrogen) atoms. The average Bonchev–Trinajstić information content (AvgIpc) is 3.21. The Kier molecular flexibility index (Phi) is 4.18. The van der Waals surface area contributed by atoms with Crippen LogP contribution < -0.4 is 5.32 Å². The van der Waals surface area contributed by atoms with Gasteiger partial charge in [0.05, 0.1) is 17.1 Å². The van der Waals surface area contributed by atoms with Crippen LogP contribution in [0.25, 0.3) is 21.8 Å². The van der Waals surface area contributed by atoms with E-state index < -0.39 is 0 Å². The van der Waals surface area contributed by atoms with Crippen LogP contribution in [0.3, 0.4) is 0 Å². The van der Waals surface area contributed by atoms with Crippen molar-refractivity contribution in [3.05, 3.63) is 119 Å². The predicted octanol–water partition coefficient (Wildman–Crippen LogP) is 6.36. The second kappa shape index (κ2) is 7.20. The maximum Gasteiger partial charge on any atom is 0.209 e. The Morgan fingerprint density at radius 1 is 0.844 bits per heavy atom. The summed E-state index contributed by atoms with van der Waals surface area (Å²) < 4.78 is 2.17. The highest BCUT2D eigenvalue weighted by molar-refractivity contribution is 6.11. The fraction of sp³-hybridized carbons (Fsp3) is 0.0714. The minimum absolute atomic E-state index is 0.0250. The number of nitrogens with zero attached hydrogens (tertiary/aromatic N) is 2. The fourth-order valence-electron chi connectivity index (χ4n) is 4.79. The Labute approximate surface area is 185 Å². The lowest BCUT2D eigenvalue weighted by molar-refractivity contribution is 0.102. The maximum atomic E-state index is 13.9. The van der Waals surface area contributed by atoms with Gasteiger partial charge in [0.2, 0.25) is 5.95 Å². The molecule has 1 aromatic heterocycles. The number of carbonyl (C=O) groups is 1. The molecule has 1 aliphatic heterocycles. The zero-order valence-corrected chi connectivity index (χ0v) is 17.6. The quantitative estimate of drug-likeness (QED) is 0.349. The number of benzene rings is 4. The summed E-state index contributed by atoms with van der Waals surface area (Å²) in [6.45, 7) is 1.97. The SMILES string of the molecule is CC1=C(C(=O)c2ccccc2)[C@H](c2cccc3ccccc23)n2c(nc3ccccc32)N1. The number of aromatic nitrogens is 2. The van der Waals surface area contributed by atoms with Crippen LogP contribution >= 0.6 is 0 Å². The number of imidazole rings is 1. The van der Waals surface area contributed by atoms with E-state index in [9.17, 15) is 4.79 Å². The predicted molar refractivity (Wildman–Crippen MR) is 129 cm³/mol. The van der Waals surface area contributed by atoms with Gasteiger partial charge < -0.3 is 5.32 Å². The van der Waals surface area contributed by atoms with Gasteiger partial charge in [0.1, 0.15) is 0 Å². The van der Waals surface area contributed by atoms with Crippen molar-refractivity contribution in [2.45, 2.75) is 13.0 Å². The third-order valence-corrected chi connectivity index (χ3v) is 6.23. The van der Waals surface area contributed by atoms with E-state index in [-0.39, 0.29) is 11.8 Å². The minimum atomic E-state index is -0.294. The molecular weight excluding hydrogens is 394 g/mol. The average molecular weight is 415 g/mol. The number of hydrogen-bond acceptors (Lipinski definition) is 3. The molecule has 0 saturated carbocycles. The summed E-state index contributed by atoms with van der Waals surface area (Å²) in [4.78, 5) is 18.7. The first-order valence-electron chi connectivity index (χ1n) is 10.7. The van der Waals surface area contributed by atoms with Crippen molar-refractivity contribution in [1.82, 2.24) is 9.55 Å². The Morgan fingerprint density at radius 3 is 2.44 bits per heavy atom. The van der Waals surface area contributed by atoms with Crippen LogP contribution in [0.15, 0.2) is 108 Å². The number of allylic oxidation sites excluding steroid dienone is 2. The Morgan fingerprint density at radius 2 is 1.56 bits per heavy atom. The van der Waals surface area contributed by atoms with E-state index in [1.54, 1.807) is 0 Å². The highest BCUT2D eigenvalue weighted by atomic mass is 16.1. The van der Waals surface area contributed by atoms with Gasteiger partial charge in [-0.05, 0) is 35.4 Å². The van der Waals surface area contributed by atoms with E-state index in [0.717, 1.165) is 44.6 Å². The van der Waals surface area contributed by atoms with Crippen LogP contribution in [0.4, 0.5) is 5.95 Å². The van der Waals surface area contributed by atoms with Gasteiger partial charge in [-0.3, -0.25) is 9.36 Å². The molecule has 1 N–H and O–H groups in total. The summed E-state index contributed by atoms with van der Waals surface area (Å²) in [5.74, 6) is 0.781. The molecular formula is C28H21N3O. The molecule has 4 aromatic carbocycles. The number of hydrogen-bond donors (Lipinski definition) is 1. The third kappa shape index (κ3) is 2.77. The number of Topliss-reactive ketones (excluding diaryl/α,β-unsaturated/α-hetero) is 1. The van der Waals surface area contributed by atoms with Crippen molar-refractivity contribution in [3.8, 4) is 0 Å². The van der Waals surface area contributed by atoms with Crippen molar-refractivity contribution in [1.29, 1.82) is 0 Å². The van der Waals surface area contributed by atoms with E-state index in [2.05, 4.69) is 52.3 Å². The van der Waals surface area contributed by atoms with Crippen LogP contribution in [0.1, 0.15) is 28.9 Å². The van der Waals surface area contributed by atoms with Crippen molar-refractivity contribution in [2.75, 3.05) is 5.32 Å². The standard InChI is InChI=1S/C28H21N3O/c1-18-25(27(32)20-11-3-2-4-12-20)26(22-15-9-13-19-10-5-6-14-21(19)22)31-24-17-8-7-16-23(24)30-28(31)29-18/h2-17,26H,1H3,(H,29,30)/t26-/m0/s1. The lowest BCUT2D eigenvalue weighted by atomic mass is 9.87. The minimum Gasteiger partial charge on any atom is -0.329 e. The van der Waals surface area contributed by atoms with Crippen LogP contribution in [0, 0.1) is 0 Å². The Balaban J connectivity index is 1.67. The molecule has 0 spiro atoms.